The van der Waals surface area contributed by atoms with E-state index in [1.54, 1.807) is 20.8 Å². The maximum absolute atomic E-state index is 14.4. The number of carbonyl (C=O) groups is 2. The Morgan fingerprint density at radius 2 is 1.94 bits per heavy atom. The van der Waals surface area contributed by atoms with E-state index in [9.17, 15) is 18.8 Å². The summed E-state index contributed by atoms with van der Waals surface area (Å²) in [4.78, 5) is 39.8. The molecule has 10 nitrogen and oxygen atoms in total. The zero-order chi connectivity index (χ0) is 24.7. The van der Waals surface area contributed by atoms with Gasteiger partial charge in [0.15, 0.2) is 6.79 Å². The zero-order valence-corrected chi connectivity index (χ0v) is 19.2. The van der Waals surface area contributed by atoms with E-state index in [0.29, 0.717) is 0 Å². The van der Waals surface area contributed by atoms with Gasteiger partial charge in [0.2, 0.25) is 0 Å². The lowest BCUT2D eigenvalue weighted by Gasteiger charge is -2.18. The van der Waals surface area contributed by atoms with E-state index in [0.717, 1.165) is 10.1 Å². The summed E-state index contributed by atoms with van der Waals surface area (Å²) in [5.74, 6) is -0.445. The Morgan fingerprint density at radius 1 is 1.21 bits per heavy atom. The molecule has 0 unspecified atom stereocenters. The summed E-state index contributed by atoms with van der Waals surface area (Å²) in [6.45, 7) is 4.71. The second kappa shape index (κ2) is 11.2. The van der Waals surface area contributed by atoms with Crippen LogP contribution in [0.25, 0.3) is 0 Å². The standard InChI is InChI=1S/C23H28FN3O7/c1-23(2,3)20(28)33-14-31-13-17-16(24)11-19(34-17)27-10-9-18(25-21(27)29)26-22(30)32-12-15-7-5-4-6-8-15/h4-10,16-17,19H,11-14H2,1-3H3,(H,25,26,29,30)/t16-,17+,19+/m0/s1. The van der Waals surface area contributed by atoms with Gasteiger partial charge in [0.05, 0.1) is 12.0 Å². The monoisotopic (exact) mass is 477 g/mol. The van der Waals surface area contributed by atoms with Crippen molar-refractivity contribution in [3.8, 4) is 0 Å². The van der Waals surface area contributed by atoms with E-state index in [-0.39, 0.29) is 32.2 Å². The minimum Gasteiger partial charge on any atom is -0.444 e. The van der Waals surface area contributed by atoms with Crippen LogP contribution in [-0.4, -0.2) is 47.3 Å². The van der Waals surface area contributed by atoms with Crippen molar-refractivity contribution in [3.63, 3.8) is 0 Å². The summed E-state index contributed by atoms with van der Waals surface area (Å²) >= 11 is 0. The molecule has 2 aromatic rings. The van der Waals surface area contributed by atoms with E-state index < -0.39 is 41.7 Å². The predicted molar refractivity (Wildman–Crippen MR) is 119 cm³/mol. The highest BCUT2D eigenvalue weighted by atomic mass is 19.1. The van der Waals surface area contributed by atoms with Crippen LogP contribution in [0.3, 0.4) is 0 Å². The molecule has 0 spiro atoms. The second-order valence-corrected chi connectivity index (χ2v) is 8.74. The smallest absolute Gasteiger partial charge is 0.413 e. The second-order valence-electron chi connectivity index (χ2n) is 8.74. The molecule has 3 rings (SSSR count). The molecule has 1 aromatic carbocycles. The molecule has 34 heavy (non-hydrogen) atoms. The Labute approximate surface area is 196 Å². The molecule has 0 saturated carbocycles. The topological polar surface area (TPSA) is 118 Å². The molecular formula is C23H28FN3O7. The van der Waals surface area contributed by atoms with Crippen LogP contribution in [0.1, 0.15) is 39.0 Å². The molecule has 0 aliphatic carbocycles. The molecule has 1 amide bonds. The molecule has 1 fully saturated rings. The van der Waals surface area contributed by atoms with Gasteiger partial charge in [-0.3, -0.25) is 14.7 Å². The zero-order valence-electron chi connectivity index (χ0n) is 19.2. The number of ether oxygens (including phenoxy) is 4. The van der Waals surface area contributed by atoms with Crippen molar-refractivity contribution in [2.24, 2.45) is 5.41 Å². The third-order valence-corrected chi connectivity index (χ3v) is 4.91. The first kappa shape index (κ1) is 25.3. The summed E-state index contributed by atoms with van der Waals surface area (Å²) in [5, 5.41) is 2.38. The summed E-state index contributed by atoms with van der Waals surface area (Å²) in [6, 6.07) is 10.5. The first-order valence-corrected chi connectivity index (χ1v) is 10.7. The van der Waals surface area contributed by atoms with Crippen molar-refractivity contribution < 1.29 is 32.9 Å². The maximum Gasteiger partial charge on any atom is 0.413 e. The average Bonchev–Trinajstić information content (AvgIpc) is 3.15. The largest absolute Gasteiger partial charge is 0.444 e. The van der Waals surface area contributed by atoms with Crippen LogP contribution in [-0.2, 0) is 30.3 Å². The fourth-order valence-electron chi connectivity index (χ4n) is 3.05. The van der Waals surface area contributed by atoms with Crippen LogP contribution < -0.4 is 11.0 Å². The molecule has 1 aliphatic heterocycles. The van der Waals surface area contributed by atoms with Crippen LogP contribution in [0.4, 0.5) is 15.0 Å². The lowest BCUT2D eigenvalue weighted by atomic mass is 9.98. The molecule has 0 radical (unpaired) electrons. The highest BCUT2D eigenvalue weighted by Gasteiger charge is 2.37. The third-order valence-electron chi connectivity index (χ3n) is 4.91. The first-order chi connectivity index (χ1) is 16.1. The number of halogens is 1. The molecule has 1 saturated heterocycles. The number of anilines is 1. The van der Waals surface area contributed by atoms with Gasteiger partial charge in [-0.25, -0.2) is 14.0 Å². The fraction of sp³-hybridized carbons (Fsp3) is 0.478. The Hall–Kier alpha value is -3.31. The van der Waals surface area contributed by atoms with E-state index in [4.69, 9.17) is 18.9 Å². The maximum atomic E-state index is 14.4. The number of nitrogens with zero attached hydrogens (tertiary/aromatic N) is 2. The van der Waals surface area contributed by atoms with Gasteiger partial charge in [-0.15, -0.1) is 0 Å². The van der Waals surface area contributed by atoms with Crippen LogP contribution in [0.15, 0.2) is 47.4 Å². The molecule has 184 valence electrons. The minimum absolute atomic E-state index is 0.00495. The van der Waals surface area contributed by atoms with Gasteiger partial charge in [-0.05, 0) is 32.4 Å². The molecule has 3 atom stereocenters. The molecule has 1 aromatic heterocycles. The lowest BCUT2D eigenvalue weighted by molar-refractivity contribution is -0.169. The van der Waals surface area contributed by atoms with Crippen molar-refractivity contribution in [3.05, 3.63) is 58.6 Å². The van der Waals surface area contributed by atoms with E-state index >= 15 is 0 Å². The van der Waals surface area contributed by atoms with Crippen molar-refractivity contribution in [1.82, 2.24) is 9.55 Å². The van der Waals surface area contributed by atoms with Gasteiger partial charge < -0.3 is 18.9 Å². The van der Waals surface area contributed by atoms with Gasteiger partial charge >= 0.3 is 17.8 Å². The molecule has 11 heteroatoms. The number of carbonyl (C=O) groups excluding carboxylic acids is 2. The highest BCUT2D eigenvalue weighted by Crippen LogP contribution is 2.30. The average molecular weight is 477 g/mol. The van der Waals surface area contributed by atoms with Crippen molar-refractivity contribution in [2.75, 3.05) is 18.7 Å². The van der Waals surface area contributed by atoms with Crippen LogP contribution in [0, 0.1) is 5.41 Å². The van der Waals surface area contributed by atoms with Crippen molar-refractivity contribution in [1.29, 1.82) is 0 Å². The Bertz CT molecular complexity index is 1040. The summed E-state index contributed by atoms with van der Waals surface area (Å²) < 4.78 is 36.4. The SMILES string of the molecule is CC(C)(C)C(=O)OCOC[C@H]1O[C@@H](n2ccc(NC(=O)OCc3ccccc3)nc2=O)C[C@@H]1F. The van der Waals surface area contributed by atoms with E-state index in [1.165, 1.54) is 12.3 Å². The molecule has 1 N–H and O–H groups in total. The normalized spacial score (nSPS) is 20.1. The number of hydrogen-bond acceptors (Lipinski definition) is 8. The number of benzene rings is 1. The lowest BCUT2D eigenvalue weighted by Crippen LogP contribution is -2.29. The van der Waals surface area contributed by atoms with Crippen molar-refractivity contribution >= 4 is 17.9 Å². The van der Waals surface area contributed by atoms with Gasteiger partial charge in [-0.1, -0.05) is 30.3 Å². The van der Waals surface area contributed by atoms with Crippen LogP contribution in [0.5, 0.6) is 0 Å². The first-order valence-electron chi connectivity index (χ1n) is 10.7. The van der Waals surface area contributed by atoms with Crippen molar-refractivity contribution in [2.45, 2.75) is 52.3 Å². The molecular weight excluding hydrogens is 449 g/mol. The summed E-state index contributed by atoms with van der Waals surface area (Å²) in [7, 11) is 0. The van der Waals surface area contributed by atoms with Gasteiger partial charge in [0, 0.05) is 12.6 Å². The molecule has 0 bridgehead atoms. The third kappa shape index (κ3) is 7.09. The quantitative estimate of drug-likeness (QED) is 0.350. The summed E-state index contributed by atoms with van der Waals surface area (Å²) in [5.41, 5.74) is -0.584. The Kier molecular flexibility index (Phi) is 8.35. The number of nitrogens with one attached hydrogen (secondary N) is 1. The number of amides is 1. The number of alkyl halides is 1. The van der Waals surface area contributed by atoms with Gasteiger partial charge in [0.25, 0.3) is 0 Å². The summed E-state index contributed by atoms with van der Waals surface area (Å²) in [6.07, 6.45) is -2.70. The molecule has 2 heterocycles. The Balaban J connectivity index is 1.48. The number of esters is 1. The predicted octanol–water partition coefficient (Wildman–Crippen LogP) is 3.18. The van der Waals surface area contributed by atoms with E-state index in [2.05, 4.69) is 10.3 Å². The van der Waals surface area contributed by atoms with Crippen LogP contribution in [0.2, 0.25) is 0 Å². The minimum atomic E-state index is -1.39. The number of aromatic nitrogens is 2. The van der Waals surface area contributed by atoms with Crippen LogP contribution >= 0.6 is 0 Å². The highest BCUT2D eigenvalue weighted by molar-refractivity contribution is 5.83. The van der Waals surface area contributed by atoms with Gasteiger partial charge in [-0.2, -0.15) is 4.98 Å². The molecule has 1 aliphatic rings. The van der Waals surface area contributed by atoms with Gasteiger partial charge in [0.1, 0.15) is 30.9 Å². The van der Waals surface area contributed by atoms with E-state index in [1.807, 2.05) is 30.3 Å². The number of rotatable bonds is 8. The number of hydrogen-bond donors (Lipinski definition) is 1. The fourth-order valence-corrected chi connectivity index (χ4v) is 3.05. The Morgan fingerprint density at radius 3 is 2.62 bits per heavy atom.